The highest BCUT2D eigenvalue weighted by molar-refractivity contribution is 5.14. The number of hydrogen-bond acceptors (Lipinski definition) is 1. The molecule has 0 N–H and O–H groups in total. The zero-order valence-corrected chi connectivity index (χ0v) is 7.91. The van der Waals surface area contributed by atoms with E-state index in [2.05, 4.69) is 30.3 Å². The number of rotatable bonds is 5. The van der Waals surface area contributed by atoms with E-state index in [1.807, 2.05) is 0 Å². The minimum absolute atomic E-state index is 0.607. The van der Waals surface area contributed by atoms with Crippen molar-refractivity contribution in [3.63, 3.8) is 0 Å². The van der Waals surface area contributed by atoms with Gasteiger partial charge in [-0.2, -0.15) is 0 Å². The van der Waals surface area contributed by atoms with Gasteiger partial charge in [-0.25, -0.2) is 0 Å². The van der Waals surface area contributed by atoms with Crippen LogP contribution in [0.2, 0.25) is 0 Å². The molecule has 1 atom stereocenters. The van der Waals surface area contributed by atoms with Gasteiger partial charge >= 0.3 is 0 Å². The molecule has 1 nitrogen and oxygen atoms in total. The highest BCUT2D eigenvalue weighted by atomic mass is 16.6. The molecule has 1 heterocycles. The van der Waals surface area contributed by atoms with E-state index >= 15 is 0 Å². The van der Waals surface area contributed by atoms with Gasteiger partial charge in [-0.3, -0.25) is 0 Å². The Labute approximate surface area is 79.7 Å². The summed E-state index contributed by atoms with van der Waals surface area (Å²) in [5.41, 5.74) is 1.46. The Hall–Kier alpha value is -0.820. The number of benzene rings is 1. The van der Waals surface area contributed by atoms with E-state index in [0.29, 0.717) is 6.10 Å². The van der Waals surface area contributed by atoms with Crippen molar-refractivity contribution in [1.29, 1.82) is 0 Å². The molecule has 70 valence electrons. The molecule has 1 heteroatoms. The fourth-order valence-corrected chi connectivity index (χ4v) is 1.58. The van der Waals surface area contributed by atoms with E-state index < -0.39 is 0 Å². The van der Waals surface area contributed by atoms with Gasteiger partial charge in [0.15, 0.2) is 0 Å². The van der Waals surface area contributed by atoms with Crippen molar-refractivity contribution in [1.82, 2.24) is 0 Å². The van der Waals surface area contributed by atoms with Crippen LogP contribution in [0.4, 0.5) is 0 Å². The van der Waals surface area contributed by atoms with Crippen LogP contribution in [0.15, 0.2) is 30.3 Å². The van der Waals surface area contributed by atoms with E-state index in [0.717, 1.165) is 6.61 Å². The topological polar surface area (TPSA) is 12.5 Å². The van der Waals surface area contributed by atoms with Crippen LogP contribution in [0.25, 0.3) is 0 Å². The summed E-state index contributed by atoms with van der Waals surface area (Å²) in [7, 11) is 0. The largest absolute Gasteiger partial charge is 0.373 e. The molecule has 1 fully saturated rings. The van der Waals surface area contributed by atoms with Gasteiger partial charge < -0.3 is 4.74 Å². The van der Waals surface area contributed by atoms with Crippen LogP contribution in [-0.2, 0) is 11.2 Å². The average Bonchev–Trinajstić information content (AvgIpc) is 2.98. The quantitative estimate of drug-likeness (QED) is 0.496. The molecule has 0 aromatic heterocycles. The number of aryl methyl sites for hydroxylation is 1. The van der Waals surface area contributed by atoms with Crippen molar-refractivity contribution >= 4 is 0 Å². The van der Waals surface area contributed by atoms with Gasteiger partial charge in [0, 0.05) is 0 Å². The Morgan fingerprint density at radius 3 is 2.62 bits per heavy atom. The van der Waals surface area contributed by atoms with E-state index in [9.17, 15) is 0 Å². The van der Waals surface area contributed by atoms with Gasteiger partial charge in [-0.05, 0) is 24.8 Å². The maximum absolute atomic E-state index is 5.16. The second-order valence-electron chi connectivity index (χ2n) is 3.69. The first-order valence-electron chi connectivity index (χ1n) is 5.11. The summed E-state index contributed by atoms with van der Waals surface area (Å²) in [6.07, 6.45) is 5.68. The maximum Gasteiger partial charge on any atom is 0.0810 e. The van der Waals surface area contributed by atoms with Crippen molar-refractivity contribution in [2.24, 2.45) is 0 Å². The summed E-state index contributed by atoms with van der Waals surface area (Å²) >= 11 is 0. The van der Waals surface area contributed by atoms with Crippen LogP contribution in [0.5, 0.6) is 0 Å². The van der Waals surface area contributed by atoms with E-state index in [-0.39, 0.29) is 0 Å². The lowest BCUT2D eigenvalue weighted by Crippen LogP contribution is -1.88. The average molecular weight is 176 g/mol. The molecule has 0 unspecified atom stereocenters. The molecule has 1 aromatic rings. The first-order chi connectivity index (χ1) is 6.45. The van der Waals surface area contributed by atoms with Crippen LogP contribution in [0.1, 0.15) is 24.8 Å². The second kappa shape index (κ2) is 4.43. The third-order valence-corrected chi connectivity index (χ3v) is 2.49. The predicted octanol–water partition coefficient (Wildman–Crippen LogP) is 2.80. The molecule has 0 spiro atoms. The maximum atomic E-state index is 5.16. The molecule has 0 amide bonds. The summed E-state index contributed by atoms with van der Waals surface area (Å²) in [5.74, 6) is 0. The van der Waals surface area contributed by atoms with Gasteiger partial charge in [-0.15, -0.1) is 0 Å². The normalized spacial score (nSPS) is 20.2. The molecule has 1 aromatic carbocycles. The number of ether oxygens (including phenoxy) is 1. The molecule has 0 radical (unpaired) electrons. The molecule has 0 saturated carbocycles. The second-order valence-corrected chi connectivity index (χ2v) is 3.69. The smallest absolute Gasteiger partial charge is 0.0810 e. The lowest BCUT2D eigenvalue weighted by Gasteiger charge is -1.99. The van der Waals surface area contributed by atoms with Crippen LogP contribution >= 0.6 is 0 Å². The van der Waals surface area contributed by atoms with E-state index in [1.54, 1.807) is 0 Å². The Morgan fingerprint density at radius 1 is 1.15 bits per heavy atom. The van der Waals surface area contributed by atoms with Crippen molar-refractivity contribution < 1.29 is 4.74 Å². The lowest BCUT2D eigenvalue weighted by atomic mass is 10.1. The van der Waals surface area contributed by atoms with Gasteiger partial charge in [0.2, 0.25) is 0 Å². The Balaban J connectivity index is 1.61. The Bertz CT molecular complexity index is 239. The molecule has 13 heavy (non-hydrogen) atoms. The predicted molar refractivity (Wildman–Crippen MR) is 53.7 cm³/mol. The van der Waals surface area contributed by atoms with Gasteiger partial charge in [0.05, 0.1) is 12.7 Å². The summed E-state index contributed by atoms with van der Waals surface area (Å²) in [4.78, 5) is 0. The van der Waals surface area contributed by atoms with Crippen LogP contribution < -0.4 is 0 Å². The summed E-state index contributed by atoms with van der Waals surface area (Å²) < 4.78 is 5.16. The third kappa shape index (κ3) is 3.19. The van der Waals surface area contributed by atoms with Gasteiger partial charge in [0.1, 0.15) is 0 Å². The first-order valence-corrected chi connectivity index (χ1v) is 5.11. The SMILES string of the molecule is c1ccc(CCCC[C@H]2CO2)cc1. The minimum atomic E-state index is 0.607. The third-order valence-electron chi connectivity index (χ3n) is 2.49. The number of epoxide rings is 1. The monoisotopic (exact) mass is 176 g/mol. The minimum Gasteiger partial charge on any atom is -0.373 e. The van der Waals surface area contributed by atoms with Crippen molar-refractivity contribution in [2.45, 2.75) is 31.8 Å². The molecule has 0 aliphatic carbocycles. The molecule has 1 saturated heterocycles. The van der Waals surface area contributed by atoms with Crippen LogP contribution in [0.3, 0.4) is 0 Å². The highest BCUT2D eigenvalue weighted by Crippen LogP contribution is 2.17. The van der Waals surface area contributed by atoms with Gasteiger partial charge in [0.25, 0.3) is 0 Å². The standard InChI is InChI=1S/C12H16O/c1-2-6-11(7-3-1)8-4-5-9-12-10-13-12/h1-3,6-7,12H,4-5,8-10H2/t12-/m0/s1. The van der Waals surface area contributed by atoms with Crippen molar-refractivity contribution in [3.05, 3.63) is 35.9 Å². The number of hydrogen-bond donors (Lipinski definition) is 0. The fraction of sp³-hybridized carbons (Fsp3) is 0.500. The number of unbranched alkanes of at least 4 members (excludes halogenated alkanes) is 1. The van der Waals surface area contributed by atoms with E-state index in [4.69, 9.17) is 4.74 Å². The van der Waals surface area contributed by atoms with Gasteiger partial charge in [-0.1, -0.05) is 36.8 Å². The molecule has 2 rings (SSSR count). The molecular formula is C12H16O. The van der Waals surface area contributed by atoms with Crippen LogP contribution in [-0.4, -0.2) is 12.7 Å². The van der Waals surface area contributed by atoms with Crippen LogP contribution in [0, 0.1) is 0 Å². The molecule has 0 bridgehead atoms. The zero-order chi connectivity index (χ0) is 8.93. The first kappa shape index (κ1) is 8.76. The highest BCUT2D eigenvalue weighted by Gasteiger charge is 2.20. The Morgan fingerprint density at radius 2 is 1.92 bits per heavy atom. The van der Waals surface area contributed by atoms with E-state index in [1.165, 1.54) is 31.2 Å². The Kier molecular flexibility index (Phi) is 2.98. The van der Waals surface area contributed by atoms with Crippen molar-refractivity contribution in [3.8, 4) is 0 Å². The fourth-order valence-electron chi connectivity index (χ4n) is 1.58. The van der Waals surface area contributed by atoms with Crippen molar-refractivity contribution in [2.75, 3.05) is 6.61 Å². The molecular weight excluding hydrogens is 160 g/mol. The summed E-state index contributed by atoms with van der Waals surface area (Å²) in [6, 6.07) is 10.7. The molecule has 1 aliphatic rings. The lowest BCUT2D eigenvalue weighted by molar-refractivity contribution is 0.389. The summed E-state index contributed by atoms with van der Waals surface area (Å²) in [5, 5.41) is 0. The molecule has 1 aliphatic heterocycles. The zero-order valence-electron chi connectivity index (χ0n) is 7.91. The summed E-state index contributed by atoms with van der Waals surface area (Å²) in [6.45, 7) is 1.01.